The van der Waals surface area contributed by atoms with Crippen LogP contribution in [-0.4, -0.2) is 5.91 Å². The summed E-state index contributed by atoms with van der Waals surface area (Å²) < 4.78 is 39.2. The Bertz CT molecular complexity index is 807. The minimum atomic E-state index is -4.42. The number of halogens is 4. The van der Waals surface area contributed by atoms with Crippen LogP contribution in [0.4, 0.5) is 18.9 Å². The van der Waals surface area contributed by atoms with Gasteiger partial charge in [-0.1, -0.05) is 35.9 Å². The third-order valence-corrected chi connectivity index (χ3v) is 4.70. The molecule has 0 saturated heterocycles. The van der Waals surface area contributed by atoms with E-state index in [1.54, 1.807) is 24.3 Å². The van der Waals surface area contributed by atoms with Crippen LogP contribution >= 0.6 is 11.6 Å². The third-order valence-electron chi connectivity index (χ3n) is 4.29. The Hall–Kier alpha value is -2.21. The Kier molecular flexibility index (Phi) is 4.64. The minimum absolute atomic E-state index is 0.175. The Morgan fingerprint density at radius 2 is 1.92 bits per heavy atom. The van der Waals surface area contributed by atoms with Gasteiger partial charge in [-0.25, -0.2) is 0 Å². The van der Waals surface area contributed by atoms with Gasteiger partial charge in [-0.15, -0.1) is 0 Å². The van der Waals surface area contributed by atoms with Crippen LogP contribution in [-0.2, 0) is 11.0 Å². The van der Waals surface area contributed by atoms with Gasteiger partial charge in [0.05, 0.1) is 11.3 Å². The summed E-state index contributed by atoms with van der Waals surface area (Å²) in [4.78, 5) is 12.2. The van der Waals surface area contributed by atoms with Crippen molar-refractivity contribution in [2.75, 3.05) is 5.43 Å². The molecule has 132 valence electrons. The highest BCUT2D eigenvalue weighted by molar-refractivity contribution is 6.31. The van der Waals surface area contributed by atoms with E-state index < -0.39 is 23.6 Å². The predicted octanol–water partition coefficient (Wildman–Crippen LogP) is 4.91. The third kappa shape index (κ3) is 3.90. The lowest BCUT2D eigenvalue weighted by Crippen LogP contribution is -2.31. The fourth-order valence-electron chi connectivity index (χ4n) is 2.80. The Morgan fingerprint density at radius 1 is 1.20 bits per heavy atom. The Balaban J connectivity index is 1.64. The molecule has 0 unspecified atom stereocenters. The van der Waals surface area contributed by atoms with Crippen molar-refractivity contribution in [2.45, 2.75) is 25.4 Å². The maximum atomic E-state index is 13.1. The van der Waals surface area contributed by atoms with Gasteiger partial charge < -0.3 is 0 Å². The van der Waals surface area contributed by atoms with Gasteiger partial charge >= 0.3 is 6.18 Å². The van der Waals surface area contributed by atoms with Gasteiger partial charge in [0.25, 0.3) is 0 Å². The van der Waals surface area contributed by atoms with Crippen LogP contribution in [0.5, 0.6) is 0 Å². The number of carbonyl (C=O) groups is 1. The van der Waals surface area contributed by atoms with E-state index in [0.717, 1.165) is 11.6 Å². The van der Waals surface area contributed by atoms with E-state index in [1.165, 1.54) is 12.1 Å². The van der Waals surface area contributed by atoms with E-state index in [-0.39, 0.29) is 11.5 Å². The molecule has 2 aromatic rings. The molecular formula is C18H16ClF3N2O. The molecule has 2 aromatic carbocycles. The number of carbonyl (C=O) groups excluding carboxylic acids is 1. The second-order valence-corrected chi connectivity index (χ2v) is 6.52. The van der Waals surface area contributed by atoms with Crippen LogP contribution in [0.15, 0.2) is 42.5 Å². The summed E-state index contributed by atoms with van der Waals surface area (Å²) in [6, 6.07) is 10.6. The number of aryl methyl sites for hydroxylation is 1. The molecule has 0 bridgehead atoms. The topological polar surface area (TPSA) is 41.1 Å². The molecule has 3 nitrogen and oxygen atoms in total. The predicted molar refractivity (Wildman–Crippen MR) is 90.2 cm³/mol. The number of rotatable bonds is 4. The summed E-state index contributed by atoms with van der Waals surface area (Å²) in [7, 11) is 0. The zero-order chi connectivity index (χ0) is 18.2. The first-order valence-corrected chi connectivity index (χ1v) is 8.13. The second-order valence-electron chi connectivity index (χ2n) is 6.11. The van der Waals surface area contributed by atoms with Crippen molar-refractivity contribution in [1.29, 1.82) is 0 Å². The van der Waals surface area contributed by atoms with Gasteiger partial charge in [0.15, 0.2) is 0 Å². The van der Waals surface area contributed by atoms with Crippen molar-refractivity contribution in [3.8, 4) is 0 Å². The fourth-order valence-corrected chi connectivity index (χ4v) is 2.98. The zero-order valence-corrected chi connectivity index (χ0v) is 14.1. The van der Waals surface area contributed by atoms with Crippen LogP contribution < -0.4 is 10.9 Å². The molecule has 0 aliphatic heterocycles. The maximum Gasteiger partial charge on any atom is 0.416 e. The lowest BCUT2D eigenvalue weighted by atomic mass is 10.0. The fraction of sp³-hybridized carbons (Fsp3) is 0.278. The van der Waals surface area contributed by atoms with E-state index in [2.05, 4.69) is 10.9 Å². The summed E-state index contributed by atoms with van der Waals surface area (Å²) in [6.45, 7) is 1.86. The highest BCUT2D eigenvalue weighted by atomic mass is 35.5. The Labute approximate surface area is 148 Å². The molecule has 1 aliphatic carbocycles. The van der Waals surface area contributed by atoms with Crippen molar-refractivity contribution < 1.29 is 18.0 Å². The highest BCUT2D eigenvalue weighted by Gasteiger charge is 2.47. The van der Waals surface area contributed by atoms with Gasteiger partial charge in [0.1, 0.15) is 0 Å². The summed E-state index contributed by atoms with van der Waals surface area (Å²) in [5, 5.41) is 0.558. The smallest absolute Gasteiger partial charge is 0.299 e. The van der Waals surface area contributed by atoms with Crippen LogP contribution in [0.3, 0.4) is 0 Å². The minimum Gasteiger partial charge on any atom is -0.299 e. The second kappa shape index (κ2) is 6.59. The van der Waals surface area contributed by atoms with E-state index in [0.29, 0.717) is 17.1 Å². The van der Waals surface area contributed by atoms with E-state index in [4.69, 9.17) is 11.6 Å². The van der Waals surface area contributed by atoms with Crippen molar-refractivity contribution in [3.05, 3.63) is 64.2 Å². The average Bonchev–Trinajstić information content (AvgIpc) is 3.35. The first-order valence-electron chi connectivity index (χ1n) is 7.75. The molecule has 0 heterocycles. The molecule has 1 aliphatic rings. The molecule has 7 heteroatoms. The van der Waals surface area contributed by atoms with E-state index >= 15 is 0 Å². The van der Waals surface area contributed by atoms with Crippen molar-refractivity contribution in [1.82, 2.24) is 5.43 Å². The number of benzene rings is 2. The van der Waals surface area contributed by atoms with Crippen LogP contribution in [0.2, 0.25) is 5.02 Å². The molecule has 1 saturated carbocycles. The number of hydrogen-bond donors (Lipinski definition) is 2. The number of nitrogens with one attached hydrogen (secondary N) is 2. The van der Waals surface area contributed by atoms with Crippen molar-refractivity contribution in [2.24, 2.45) is 5.92 Å². The van der Waals surface area contributed by atoms with Gasteiger partial charge in [-0.3, -0.25) is 15.6 Å². The standard InChI is InChI=1S/C18H16ClF3N2O/c1-10-6-7-11(8-16(10)19)23-24-17(25)14-9-13(14)12-4-2-3-5-15(12)18(20,21)22/h2-8,13-14,23H,9H2,1H3,(H,24,25)/t13-,14+/m1/s1. The number of hydrogen-bond acceptors (Lipinski definition) is 2. The lowest BCUT2D eigenvalue weighted by Gasteiger charge is -2.13. The first-order chi connectivity index (χ1) is 11.8. The largest absolute Gasteiger partial charge is 0.416 e. The summed E-state index contributed by atoms with van der Waals surface area (Å²) in [5.74, 6) is -1.23. The molecule has 1 amide bonds. The lowest BCUT2D eigenvalue weighted by molar-refractivity contribution is -0.138. The van der Waals surface area contributed by atoms with E-state index in [9.17, 15) is 18.0 Å². The molecule has 3 rings (SSSR count). The maximum absolute atomic E-state index is 13.1. The molecule has 25 heavy (non-hydrogen) atoms. The summed E-state index contributed by atoms with van der Waals surface area (Å²) in [5.41, 5.74) is 6.30. The average molecular weight is 369 g/mol. The number of hydrazine groups is 1. The Morgan fingerprint density at radius 3 is 2.60 bits per heavy atom. The van der Waals surface area contributed by atoms with Gasteiger partial charge in [0.2, 0.25) is 5.91 Å². The molecule has 1 fully saturated rings. The van der Waals surface area contributed by atoms with Crippen LogP contribution in [0.25, 0.3) is 0 Å². The number of alkyl halides is 3. The van der Waals surface area contributed by atoms with Crippen LogP contribution in [0, 0.1) is 12.8 Å². The highest BCUT2D eigenvalue weighted by Crippen LogP contribution is 2.51. The zero-order valence-electron chi connectivity index (χ0n) is 13.3. The molecular weight excluding hydrogens is 353 g/mol. The molecule has 0 radical (unpaired) electrons. The summed E-state index contributed by atoms with van der Waals surface area (Å²) in [6.07, 6.45) is -4.02. The van der Waals surface area contributed by atoms with Crippen molar-refractivity contribution in [3.63, 3.8) is 0 Å². The van der Waals surface area contributed by atoms with Gasteiger partial charge in [-0.05, 0) is 48.6 Å². The molecule has 0 spiro atoms. The van der Waals surface area contributed by atoms with E-state index in [1.807, 2.05) is 6.92 Å². The SMILES string of the molecule is Cc1ccc(NNC(=O)[C@H]2C[C@@H]2c2ccccc2C(F)(F)F)cc1Cl. The van der Waals surface area contributed by atoms with Crippen LogP contribution in [0.1, 0.15) is 29.0 Å². The number of anilines is 1. The number of amides is 1. The van der Waals surface area contributed by atoms with Gasteiger partial charge in [0, 0.05) is 10.9 Å². The molecule has 0 aromatic heterocycles. The monoisotopic (exact) mass is 368 g/mol. The normalized spacial score (nSPS) is 19.4. The quantitative estimate of drug-likeness (QED) is 0.752. The molecule has 2 atom stereocenters. The summed E-state index contributed by atoms with van der Waals surface area (Å²) >= 11 is 6.01. The van der Waals surface area contributed by atoms with Crippen molar-refractivity contribution >= 4 is 23.2 Å². The van der Waals surface area contributed by atoms with Gasteiger partial charge in [-0.2, -0.15) is 13.2 Å². The molecule has 2 N–H and O–H groups in total. The first kappa shape index (κ1) is 17.6.